The third-order valence-corrected chi connectivity index (χ3v) is 7.33. The summed E-state index contributed by atoms with van der Waals surface area (Å²) in [6, 6.07) is 16.7. The molecule has 8 nitrogen and oxygen atoms in total. The highest BCUT2D eigenvalue weighted by Gasteiger charge is 2.33. The van der Waals surface area contributed by atoms with Crippen molar-refractivity contribution in [3.63, 3.8) is 0 Å². The van der Waals surface area contributed by atoms with Crippen LogP contribution in [0.2, 0.25) is 5.02 Å². The minimum atomic E-state index is -0.788. The molecule has 0 spiro atoms. The second kappa shape index (κ2) is 10.9. The summed E-state index contributed by atoms with van der Waals surface area (Å²) in [5.41, 5.74) is 1.75. The number of ether oxygens (including phenoxy) is 2. The molecule has 1 aliphatic heterocycles. The number of hydrogen-bond acceptors (Lipinski definition) is 8. The zero-order chi connectivity index (χ0) is 27.7. The number of carbonyl (C=O) groups is 2. The van der Waals surface area contributed by atoms with Crippen LogP contribution in [0, 0.1) is 0 Å². The van der Waals surface area contributed by atoms with Crippen LogP contribution in [0.15, 0.2) is 86.1 Å². The molecule has 0 fully saturated rings. The van der Waals surface area contributed by atoms with Crippen molar-refractivity contribution < 1.29 is 23.5 Å². The number of nitrogens with zero attached hydrogens (tertiary/aromatic N) is 2. The van der Waals surface area contributed by atoms with Crippen LogP contribution < -0.4 is 19.6 Å². The second-order valence-corrected chi connectivity index (χ2v) is 10.1. The van der Waals surface area contributed by atoms with E-state index in [-0.39, 0.29) is 17.7 Å². The van der Waals surface area contributed by atoms with Crippen molar-refractivity contribution in [1.82, 2.24) is 4.57 Å². The lowest BCUT2D eigenvalue weighted by molar-refractivity contribution is -0.139. The molecule has 198 valence electrons. The lowest BCUT2D eigenvalue weighted by atomic mass is 9.96. The summed E-state index contributed by atoms with van der Waals surface area (Å²) in [5.74, 6) is 0.389. The number of furan rings is 1. The van der Waals surface area contributed by atoms with Crippen molar-refractivity contribution in [2.45, 2.75) is 26.8 Å². The van der Waals surface area contributed by atoms with Gasteiger partial charge in [-0.05, 0) is 55.8 Å². The van der Waals surface area contributed by atoms with Crippen LogP contribution in [-0.2, 0) is 14.3 Å². The summed E-state index contributed by atoms with van der Waals surface area (Å²) < 4.78 is 18.3. The van der Waals surface area contributed by atoms with Crippen LogP contribution in [0.3, 0.4) is 0 Å². The van der Waals surface area contributed by atoms with Crippen LogP contribution in [0.1, 0.15) is 38.1 Å². The molecular weight excluding hydrogens is 540 g/mol. The average Bonchev–Trinajstić information content (AvgIpc) is 3.48. The zero-order valence-corrected chi connectivity index (χ0v) is 22.8. The molecule has 0 bridgehead atoms. The molecule has 39 heavy (non-hydrogen) atoms. The number of aromatic nitrogens is 1. The van der Waals surface area contributed by atoms with E-state index < -0.39 is 18.0 Å². The van der Waals surface area contributed by atoms with Gasteiger partial charge in [0.25, 0.3) is 5.56 Å². The Balaban J connectivity index is 1.62. The number of fused-ring (bicyclic) bond motifs is 1. The molecule has 0 aliphatic carbocycles. The zero-order valence-electron chi connectivity index (χ0n) is 21.3. The van der Waals surface area contributed by atoms with E-state index in [0.29, 0.717) is 42.9 Å². The monoisotopic (exact) mass is 562 g/mol. The fraction of sp³-hybridized carbons (Fsp3) is 0.172. The van der Waals surface area contributed by atoms with E-state index in [0.717, 1.165) is 5.56 Å². The van der Waals surface area contributed by atoms with Crippen LogP contribution in [0.4, 0.5) is 0 Å². The molecule has 0 saturated heterocycles. The second-order valence-electron chi connectivity index (χ2n) is 8.65. The van der Waals surface area contributed by atoms with Crippen molar-refractivity contribution in [2.75, 3.05) is 6.61 Å². The Morgan fingerprint density at radius 2 is 1.87 bits per heavy atom. The first kappa shape index (κ1) is 26.4. The van der Waals surface area contributed by atoms with Gasteiger partial charge in [-0.1, -0.05) is 47.2 Å². The summed E-state index contributed by atoms with van der Waals surface area (Å²) in [6.45, 7) is 4.91. The number of allylic oxidation sites excluding steroid dienone is 1. The number of hydrogen-bond donors (Lipinski definition) is 0. The summed E-state index contributed by atoms with van der Waals surface area (Å²) in [4.78, 5) is 43.1. The van der Waals surface area contributed by atoms with Crippen LogP contribution in [0.25, 0.3) is 17.4 Å². The third kappa shape index (κ3) is 5.23. The van der Waals surface area contributed by atoms with Crippen LogP contribution in [-0.4, -0.2) is 23.1 Å². The van der Waals surface area contributed by atoms with E-state index >= 15 is 0 Å². The van der Waals surface area contributed by atoms with E-state index in [1.165, 1.54) is 22.8 Å². The van der Waals surface area contributed by atoms with Crippen molar-refractivity contribution in [2.24, 2.45) is 4.99 Å². The van der Waals surface area contributed by atoms with Gasteiger partial charge in [-0.25, -0.2) is 9.79 Å². The fourth-order valence-corrected chi connectivity index (χ4v) is 5.61. The van der Waals surface area contributed by atoms with Crippen molar-refractivity contribution >= 4 is 41.0 Å². The van der Waals surface area contributed by atoms with Gasteiger partial charge in [-0.15, -0.1) is 0 Å². The number of thiazole rings is 1. The molecule has 0 amide bonds. The topological polar surface area (TPSA) is 100 Å². The summed E-state index contributed by atoms with van der Waals surface area (Å²) in [6.07, 6.45) is 1.65. The summed E-state index contributed by atoms with van der Waals surface area (Å²) in [5, 5.41) is 0.555. The van der Waals surface area contributed by atoms with Gasteiger partial charge >= 0.3 is 11.9 Å². The minimum Gasteiger partial charge on any atom is -0.463 e. The Bertz CT molecular complexity index is 1800. The molecule has 1 unspecified atom stereocenters. The Morgan fingerprint density at radius 3 is 2.56 bits per heavy atom. The van der Waals surface area contributed by atoms with E-state index in [1.54, 1.807) is 62.4 Å². The number of carbonyl (C=O) groups excluding carboxylic acids is 2. The van der Waals surface area contributed by atoms with Crippen molar-refractivity contribution in [3.8, 4) is 17.1 Å². The number of halogens is 1. The van der Waals surface area contributed by atoms with Gasteiger partial charge in [0.2, 0.25) is 0 Å². The smallest absolute Gasteiger partial charge is 0.338 e. The highest BCUT2D eigenvalue weighted by molar-refractivity contribution is 7.07. The molecule has 0 N–H and O–H groups in total. The quantitative estimate of drug-likeness (QED) is 0.251. The Kier molecular flexibility index (Phi) is 7.36. The average molecular weight is 563 g/mol. The van der Waals surface area contributed by atoms with E-state index in [2.05, 4.69) is 4.99 Å². The first-order chi connectivity index (χ1) is 18.8. The molecule has 0 saturated carbocycles. The molecule has 1 atom stereocenters. The molecule has 4 aromatic rings. The largest absolute Gasteiger partial charge is 0.463 e. The fourth-order valence-electron chi connectivity index (χ4n) is 4.36. The lowest BCUT2D eigenvalue weighted by Crippen LogP contribution is -2.39. The van der Waals surface area contributed by atoms with Gasteiger partial charge in [-0.3, -0.25) is 14.2 Å². The summed E-state index contributed by atoms with van der Waals surface area (Å²) in [7, 11) is 0. The summed E-state index contributed by atoms with van der Waals surface area (Å²) >= 11 is 7.50. The normalized spacial score (nSPS) is 15.1. The molecule has 1 aliphatic rings. The predicted octanol–water partition coefficient (Wildman–Crippen LogP) is 4.64. The molecule has 0 radical (unpaired) electrons. The van der Waals surface area contributed by atoms with E-state index in [1.807, 2.05) is 18.2 Å². The Morgan fingerprint density at radius 1 is 1.13 bits per heavy atom. The first-order valence-electron chi connectivity index (χ1n) is 12.1. The maximum Gasteiger partial charge on any atom is 0.338 e. The Hall–Kier alpha value is -4.21. The maximum atomic E-state index is 13.8. The lowest BCUT2D eigenvalue weighted by Gasteiger charge is -2.24. The van der Waals surface area contributed by atoms with Gasteiger partial charge in [0.1, 0.15) is 17.3 Å². The molecular formula is C29H23ClN2O6S. The highest BCUT2D eigenvalue weighted by Crippen LogP contribution is 2.32. The van der Waals surface area contributed by atoms with Gasteiger partial charge in [-0.2, -0.15) is 0 Å². The van der Waals surface area contributed by atoms with Crippen LogP contribution >= 0.6 is 22.9 Å². The minimum absolute atomic E-state index is 0.171. The molecule has 2 aromatic carbocycles. The molecule has 3 heterocycles. The highest BCUT2D eigenvalue weighted by atomic mass is 35.5. The van der Waals surface area contributed by atoms with Crippen molar-refractivity contribution in [1.29, 1.82) is 0 Å². The van der Waals surface area contributed by atoms with Crippen LogP contribution in [0.5, 0.6) is 5.75 Å². The third-order valence-electron chi connectivity index (χ3n) is 6.01. The molecule has 10 heteroatoms. The number of benzene rings is 2. The first-order valence-corrected chi connectivity index (χ1v) is 13.3. The SMILES string of the molecule is CCOC(=O)C1=C(C)N=c2sc(=Cc3ccc(-c4ccccc4Cl)o3)c(=O)n2C1c1ccc(OC(C)=O)cc1. The number of rotatable bonds is 6. The van der Waals surface area contributed by atoms with Gasteiger partial charge in [0, 0.05) is 18.6 Å². The predicted molar refractivity (Wildman–Crippen MR) is 147 cm³/mol. The Labute approximate surface area is 232 Å². The number of esters is 2. The van der Waals surface area contributed by atoms with Gasteiger partial charge < -0.3 is 13.9 Å². The van der Waals surface area contributed by atoms with Crippen molar-refractivity contribution in [3.05, 3.63) is 108 Å². The molecule has 5 rings (SSSR count). The molecule has 2 aromatic heterocycles. The van der Waals surface area contributed by atoms with E-state index in [9.17, 15) is 14.4 Å². The van der Waals surface area contributed by atoms with Gasteiger partial charge in [0.05, 0.1) is 33.5 Å². The van der Waals surface area contributed by atoms with E-state index in [4.69, 9.17) is 25.5 Å². The maximum absolute atomic E-state index is 13.8. The standard InChI is InChI=1S/C29H23ClN2O6S/c1-4-36-28(35)25-16(2)31-29-32(26(25)18-9-11-19(12-10-18)37-17(3)33)27(34)24(39-29)15-20-13-14-23(38-20)21-7-5-6-8-22(21)30/h5-15,26H,4H2,1-3H3. The van der Waals surface area contributed by atoms with Gasteiger partial charge in [0.15, 0.2) is 4.80 Å².